The summed E-state index contributed by atoms with van der Waals surface area (Å²) in [4.78, 5) is 18.4. The van der Waals surface area contributed by atoms with Crippen molar-refractivity contribution in [2.24, 2.45) is 0 Å². The van der Waals surface area contributed by atoms with Crippen molar-refractivity contribution < 1.29 is 9.90 Å². The van der Waals surface area contributed by atoms with E-state index in [0.717, 1.165) is 29.9 Å². The van der Waals surface area contributed by atoms with Crippen LogP contribution in [-0.4, -0.2) is 21.0 Å². The topological polar surface area (TPSA) is 66.0 Å². The largest absolute Gasteiger partial charge is 0.481 e. The number of carbonyl (C=O) groups is 1. The lowest BCUT2D eigenvalue weighted by atomic mass is 10.0. The van der Waals surface area contributed by atoms with Crippen molar-refractivity contribution in [3.63, 3.8) is 0 Å². The van der Waals surface area contributed by atoms with E-state index in [1.54, 1.807) is 0 Å². The van der Waals surface area contributed by atoms with Crippen LogP contribution in [0.2, 0.25) is 0 Å². The number of carboxylic acid groups (broad SMARTS) is 1. The lowest BCUT2D eigenvalue weighted by Gasteiger charge is -2.04. The molecule has 0 fully saturated rings. The van der Waals surface area contributed by atoms with Crippen molar-refractivity contribution in [1.29, 1.82) is 0 Å². The molecule has 0 saturated carbocycles. The maximum absolute atomic E-state index is 10.9. The number of rotatable bonds is 3. The van der Waals surface area contributed by atoms with Gasteiger partial charge in [0, 0.05) is 5.56 Å². The minimum Gasteiger partial charge on any atom is -0.481 e. The highest BCUT2D eigenvalue weighted by molar-refractivity contribution is 5.74. The molecule has 0 amide bonds. The predicted octanol–water partition coefficient (Wildman–Crippen LogP) is 2.50. The number of aromatic nitrogens is 2. The van der Waals surface area contributed by atoms with Crippen LogP contribution in [0.25, 0.3) is 11.3 Å². The van der Waals surface area contributed by atoms with Gasteiger partial charge in [0.2, 0.25) is 0 Å². The summed E-state index contributed by atoms with van der Waals surface area (Å²) in [5, 5.41) is 8.95. The van der Waals surface area contributed by atoms with Gasteiger partial charge in [0.1, 0.15) is 5.82 Å². The van der Waals surface area contributed by atoms with Gasteiger partial charge in [-0.3, -0.25) is 4.79 Å². The Labute approximate surface area is 111 Å². The summed E-state index contributed by atoms with van der Waals surface area (Å²) in [5.41, 5.74) is 5.26. The van der Waals surface area contributed by atoms with Crippen molar-refractivity contribution in [2.45, 2.75) is 32.6 Å². The number of fused-ring (bicyclic) bond motifs is 1. The second-order valence-corrected chi connectivity index (χ2v) is 5.06. The number of aliphatic carboxylic acids is 1. The molecule has 2 N–H and O–H groups in total. The predicted molar refractivity (Wildman–Crippen MR) is 72.1 cm³/mol. The van der Waals surface area contributed by atoms with Crippen LogP contribution in [-0.2, 0) is 24.1 Å². The van der Waals surface area contributed by atoms with Gasteiger partial charge in [0.25, 0.3) is 0 Å². The summed E-state index contributed by atoms with van der Waals surface area (Å²) < 4.78 is 0. The first-order chi connectivity index (χ1) is 9.13. The maximum atomic E-state index is 10.9. The van der Waals surface area contributed by atoms with Crippen molar-refractivity contribution in [2.75, 3.05) is 0 Å². The van der Waals surface area contributed by atoms with E-state index in [4.69, 9.17) is 5.11 Å². The average Bonchev–Trinajstić information content (AvgIpc) is 2.93. The number of H-pyrrole nitrogens is 1. The molecule has 1 aliphatic carbocycles. The smallest absolute Gasteiger partial charge is 0.309 e. The minimum atomic E-state index is -0.842. The van der Waals surface area contributed by atoms with Crippen LogP contribution in [0.15, 0.2) is 18.2 Å². The molecule has 0 spiro atoms. The van der Waals surface area contributed by atoms with E-state index in [1.165, 1.54) is 17.5 Å². The van der Waals surface area contributed by atoms with E-state index in [2.05, 4.69) is 22.1 Å². The maximum Gasteiger partial charge on any atom is 0.309 e. The molecule has 1 aromatic heterocycles. The molecule has 0 aliphatic heterocycles. The fourth-order valence-electron chi connectivity index (χ4n) is 2.78. The molecule has 4 nitrogen and oxygen atoms in total. The molecule has 98 valence electrons. The summed E-state index contributed by atoms with van der Waals surface area (Å²) in [5.74, 6) is -0.0854. The van der Waals surface area contributed by atoms with E-state index in [-0.39, 0.29) is 6.42 Å². The van der Waals surface area contributed by atoms with Gasteiger partial charge in [-0.25, -0.2) is 4.98 Å². The first kappa shape index (κ1) is 12.0. The van der Waals surface area contributed by atoms with Gasteiger partial charge in [-0.05, 0) is 43.4 Å². The fourth-order valence-corrected chi connectivity index (χ4v) is 2.78. The first-order valence-electron chi connectivity index (χ1n) is 6.53. The van der Waals surface area contributed by atoms with E-state index >= 15 is 0 Å². The van der Waals surface area contributed by atoms with Gasteiger partial charge in [0.05, 0.1) is 17.8 Å². The number of hydrogen-bond donors (Lipinski definition) is 2. The Balaban J connectivity index is 2.04. The van der Waals surface area contributed by atoms with Crippen LogP contribution in [0.1, 0.15) is 29.1 Å². The van der Waals surface area contributed by atoms with Gasteiger partial charge in [-0.2, -0.15) is 0 Å². The molecule has 0 saturated heterocycles. The Kier molecular flexibility index (Phi) is 2.85. The highest BCUT2D eigenvalue weighted by atomic mass is 16.4. The minimum absolute atomic E-state index is 0.0206. The Bertz CT molecular complexity index is 644. The highest BCUT2D eigenvalue weighted by Gasteiger charge is 2.16. The van der Waals surface area contributed by atoms with E-state index in [1.807, 2.05) is 13.0 Å². The average molecular weight is 256 g/mol. The van der Waals surface area contributed by atoms with Gasteiger partial charge in [-0.15, -0.1) is 0 Å². The number of aromatic amines is 1. The van der Waals surface area contributed by atoms with E-state index < -0.39 is 5.97 Å². The molecule has 1 heterocycles. The van der Waals surface area contributed by atoms with Gasteiger partial charge in [0.15, 0.2) is 0 Å². The Morgan fingerprint density at radius 2 is 2.16 bits per heavy atom. The molecule has 4 heteroatoms. The summed E-state index contributed by atoms with van der Waals surface area (Å²) >= 11 is 0. The zero-order chi connectivity index (χ0) is 13.4. The number of aryl methyl sites for hydroxylation is 3. The van der Waals surface area contributed by atoms with E-state index in [0.29, 0.717) is 5.69 Å². The molecular weight excluding hydrogens is 240 g/mol. The van der Waals surface area contributed by atoms with Crippen molar-refractivity contribution in [3.8, 4) is 11.3 Å². The molecule has 3 rings (SSSR count). The van der Waals surface area contributed by atoms with Gasteiger partial charge in [-0.1, -0.05) is 12.1 Å². The second-order valence-electron chi connectivity index (χ2n) is 5.06. The third kappa shape index (κ3) is 2.26. The number of imidazole rings is 1. The van der Waals surface area contributed by atoms with Crippen molar-refractivity contribution >= 4 is 5.97 Å². The monoisotopic (exact) mass is 256 g/mol. The zero-order valence-corrected chi connectivity index (χ0v) is 10.9. The van der Waals surface area contributed by atoms with Crippen molar-refractivity contribution in [1.82, 2.24) is 9.97 Å². The summed E-state index contributed by atoms with van der Waals surface area (Å²) in [6, 6.07) is 6.35. The molecule has 0 unspecified atom stereocenters. The zero-order valence-electron chi connectivity index (χ0n) is 10.9. The van der Waals surface area contributed by atoms with Crippen molar-refractivity contribution in [3.05, 3.63) is 40.8 Å². The summed E-state index contributed by atoms with van der Waals surface area (Å²) in [6.07, 6.45) is 3.45. The third-order valence-corrected chi connectivity index (χ3v) is 3.60. The van der Waals surface area contributed by atoms with Crippen LogP contribution in [0.5, 0.6) is 0 Å². The van der Waals surface area contributed by atoms with Gasteiger partial charge >= 0.3 is 5.97 Å². The highest BCUT2D eigenvalue weighted by Crippen LogP contribution is 2.29. The molecule has 0 bridgehead atoms. The van der Waals surface area contributed by atoms with Crippen LogP contribution in [0.4, 0.5) is 0 Å². The Morgan fingerprint density at radius 3 is 2.95 bits per heavy atom. The molecule has 0 radical (unpaired) electrons. The molecule has 0 atom stereocenters. The SMILES string of the molecule is Cc1nc(-c2ccc3c(c2)CCC3)c(CC(=O)O)[nH]1. The van der Waals surface area contributed by atoms with Crippen LogP contribution < -0.4 is 0 Å². The lowest BCUT2D eigenvalue weighted by molar-refractivity contribution is -0.136. The Hall–Kier alpha value is -2.10. The third-order valence-electron chi connectivity index (χ3n) is 3.60. The van der Waals surface area contributed by atoms with Crippen LogP contribution in [0, 0.1) is 6.92 Å². The number of benzene rings is 1. The standard InChI is InChI=1S/C15H16N2O2/c1-9-16-13(8-14(18)19)15(17-9)12-6-5-10-3-2-4-11(10)7-12/h5-7H,2-4,8H2,1H3,(H,16,17)(H,18,19). The second kappa shape index (κ2) is 4.53. The molecule has 1 aromatic carbocycles. The number of carboxylic acids is 1. The Morgan fingerprint density at radius 1 is 1.37 bits per heavy atom. The summed E-state index contributed by atoms with van der Waals surface area (Å²) in [7, 11) is 0. The molecule has 1 aliphatic rings. The molecule has 19 heavy (non-hydrogen) atoms. The summed E-state index contributed by atoms with van der Waals surface area (Å²) in [6.45, 7) is 1.85. The molecule has 2 aromatic rings. The first-order valence-corrected chi connectivity index (χ1v) is 6.53. The van der Waals surface area contributed by atoms with E-state index in [9.17, 15) is 4.79 Å². The fraction of sp³-hybridized carbons (Fsp3) is 0.333. The quantitative estimate of drug-likeness (QED) is 0.886. The normalized spacial score (nSPS) is 13.5. The van der Waals surface area contributed by atoms with Crippen LogP contribution >= 0.6 is 0 Å². The number of nitrogens with zero attached hydrogens (tertiary/aromatic N) is 1. The molecular formula is C15H16N2O2. The number of nitrogens with one attached hydrogen (secondary N) is 1. The van der Waals surface area contributed by atoms with Gasteiger partial charge < -0.3 is 10.1 Å². The lowest BCUT2D eigenvalue weighted by Crippen LogP contribution is -2.02. The van der Waals surface area contributed by atoms with Crippen LogP contribution in [0.3, 0.4) is 0 Å². The number of hydrogen-bond acceptors (Lipinski definition) is 2.